The molecule has 2 N–H and O–H groups in total. The van der Waals surface area contributed by atoms with Crippen molar-refractivity contribution in [2.24, 2.45) is 7.05 Å². The average molecular weight is 604 g/mol. The van der Waals surface area contributed by atoms with Crippen LogP contribution in [0.25, 0.3) is 10.9 Å². The lowest BCUT2D eigenvalue weighted by molar-refractivity contribution is -0.000432. The minimum absolute atomic E-state index is 0.0487. The molecule has 4 aromatic rings. The molecule has 1 saturated heterocycles. The SMILES string of the molecule is Cn1nc2cc(NS(=O)(=O)c3cnn(C4CN(C(=O)OC(C)(C)C)C4)c3)ccc2c1C(=O)Nc1ccc(F)c(Cl)c1. The monoisotopic (exact) mass is 603 g/mol. The van der Waals surface area contributed by atoms with E-state index in [0.29, 0.717) is 29.7 Å². The largest absolute Gasteiger partial charge is 0.444 e. The number of anilines is 2. The number of nitrogens with zero attached hydrogens (tertiary/aromatic N) is 5. The van der Waals surface area contributed by atoms with Crippen molar-refractivity contribution in [3.05, 3.63) is 65.3 Å². The van der Waals surface area contributed by atoms with Crippen molar-refractivity contribution in [3.8, 4) is 0 Å². The van der Waals surface area contributed by atoms with Crippen LogP contribution in [0.2, 0.25) is 5.02 Å². The van der Waals surface area contributed by atoms with Crippen LogP contribution in [0.1, 0.15) is 37.3 Å². The van der Waals surface area contributed by atoms with E-state index in [9.17, 15) is 22.4 Å². The molecule has 0 unspecified atom stereocenters. The number of hydrogen-bond donors (Lipinski definition) is 2. The number of benzene rings is 2. The Bertz CT molecular complexity index is 1770. The van der Waals surface area contributed by atoms with E-state index in [1.54, 1.807) is 33.9 Å². The van der Waals surface area contributed by atoms with E-state index in [2.05, 4.69) is 20.2 Å². The van der Waals surface area contributed by atoms with Crippen LogP contribution in [0.4, 0.5) is 20.6 Å². The second-order valence-corrected chi connectivity index (χ2v) is 12.7. The van der Waals surface area contributed by atoms with Gasteiger partial charge in [-0.1, -0.05) is 11.6 Å². The zero-order chi connectivity index (χ0) is 29.7. The molecule has 12 nitrogen and oxygen atoms in total. The van der Waals surface area contributed by atoms with Crippen LogP contribution < -0.4 is 10.0 Å². The zero-order valence-corrected chi connectivity index (χ0v) is 24.1. The van der Waals surface area contributed by atoms with Gasteiger partial charge in [0.1, 0.15) is 22.0 Å². The van der Waals surface area contributed by atoms with Crippen LogP contribution in [0.15, 0.2) is 53.7 Å². The number of rotatable bonds is 6. The molecule has 0 atom stereocenters. The molecular formula is C26H27ClFN7O5S. The van der Waals surface area contributed by atoms with E-state index in [1.807, 2.05) is 0 Å². The van der Waals surface area contributed by atoms with Gasteiger partial charge in [0.05, 0.1) is 28.5 Å². The van der Waals surface area contributed by atoms with Crippen LogP contribution >= 0.6 is 11.6 Å². The number of aromatic nitrogens is 4. The second-order valence-electron chi connectivity index (χ2n) is 10.6. The molecule has 2 aromatic carbocycles. The maximum absolute atomic E-state index is 13.5. The normalized spacial score (nSPS) is 14.1. The van der Waals surface area contributed by atoms with E-state index in [-0.39, 0.29) is 27.3 Å². The molecule has 0 aliphatic carbocycles. The molecule has 2 amide bonds. The summed E-state index contributed by atoms with van der Waals surface area (Å²) in [7, 11) is -2.42. The summed E-state index contributed by atoms with van der Waals surface area (Å²) in [4.78, 5) is 26.6. The number of fused-ring (bicyclic) bond motifs is 1. The first-order valence-electron chi connectivity index (χ1n) is 12.5. The summed E-state index contributed by atoms with van der Waals surface area (Å²) in [5.74, 6) is -1.11. The summed E-state index contributed by atoms with van der Waals surface area (Å²) in [6.07, 6.45) is 2.21. The number of halogens is 2. The molecule has 15 heteroatoms. The summed E-state index contributed by atoms with van der Waals surface area (Å²) in [5.41, 5.74) is 0.534. The minimum atomic E-state index is -4.00. The van der Waals surface area contributed by atoms with Gasteiger partial charge in [-0.3, -0.25) is 18.9 Å². The number of carbonyl (C=O) groups excluding carboxylic acids is 2. The van der Waals surface area contributed by atoms with Crippen molar-refractivity contribution < 1.29 is 27.1 Å². The van der Waals surface area contributed by atoms with E-state index in [1.165, 1.54) is 50.9 Å². The fourth-order valence-corrected chi connectivity index (χ4v) is 5.44. The number of ether oxygens (including phenoxy) is 1. The van der Waals surface area contributed by atoms with Crippen LogP contribution in [0.3, 0.4) is 0 Å². The van der Waals surface area contributed by atoms with Gasteiger partial charge < -0.3 is 15.0 Å². The van der Waals surface area contributed by atoms with E-state index < -0.39 is 33.4 Å². The third-order valence-corrected chi connectivity index (χ3v) is 7.88. The van der Waals surface area contributed by atoms with Gasteiger partial charge in [-0.25, -0.2) is 17.6 Å². The predicted octanol–water partition coefficient (Wildman–Crippen LogP) is 4.41. The van der Waals surface area contributed by atoms with Crippen molar-refractivity contribution in [2.75, 3.05) is 23.1 Å². The Hall–Kier alpha value is -4.17. The smallest absolute Gasteiger partial charge is 0.410 e. The van der Waals surface area contributed by atoms with E-state index >= 15 is 0 Å². The van der Waals surface area contributed by atoms with Gasteiger partial charge in [0.25, 0.3) is 15.9 Å². The molecule has 1 aliphatic rings. The summed E-state index contributed by atoms with van der Waals surface area (Å²) >= 11 is 5.80. The van der Waals surface area contributed by atoms with E-state index in [0.717, 1.165) is 6.07 Å². The topological polar surface area (TPSA) is 140 Å². The minimum Gasteiger partial charge on any atom is -0.444 e. The van der Waals surface area contributed by atoms with Gasteiger partial charge in [0, 0.05) is 37.4 Å². The highest BCUT2D eigenvalue weighted by Gasteiger charge is 2.35. The van der Waals surface area contributed by atoms with Gasteiger partial charge in [0.15, 0.2) is 0 Å². The predicted molar refractivity (Wildman–Crippen MR) is 150 cm³/mol. The average Bonchev–Trinajstić information content (AvgIpc) is 3.43. The molecular weight excluding hydrogens is 577 g/mol. The van der Waals surface area contributed by atoms with Gasteiger partial charge in [-0.2, -0.15) is 10.2 Å². The number of aryl methyl sites for hydroxylation is 1. The third-order valence-electron chi connectivity index (χ3n) is 6.26. The molecule has 1 aliphatic heterocycles. The number of amides is 2. The molecule has 0 radical (unpaired) electrons. The highest BCUT2D eigenvalue weighted by atomic mass is 35.5. The molecule has 2 aromatic heterocycles. The molecule has 0 saturated carbocycles. The number of carbonyl (C=O) groups is 2. The van der Waals surface area contributed by atoms with Crippen molar-refractivity contribution in [1.82, 2.24) is 24.5 Å². The lowest BCUT2D eigenvalue weighted by atomic mass is 10.1. The Morgan fingerprint density at radius 1 is 1.12 bits per heavy atom. The molecule has 1 fully saturated rings. The highest BCUT2D eigenvalue weighted by Crippen LogP contribution is 2.27. The molecule has 216 valence electrons. The molecule has 3 heterocycles. The summed E-state index contributed by atoms with van der Waals surface area (Å²) in [5, 5.41) is 11.5. The Morgan fingerprint density at radius 2 is 1.83 bits per heavy atom. The maximum Gasteiger partial charge on any atom is 0.410 e. The van der Waals surface area contributed by atoms with Crippen LogP contribution in [0.5, 0.6) is 0 Å². The van der Waals surface area contributed by atoms with Gasteiger partial charge in [-0.15, -0.1) is 0 Å². The second kappa shape index (κ2) is 10.3. The number of nitrogens with one attached hydrogen (secondary N) is 2. The molecule has 41 heavy (non-hydrogen) atoms. The molecule has 0 spiro atoms. The van der Waals surface area contributed by atoms with E-state index in [4.69, 9.17) is 16.3 Å². The lowest BCUT2D eigenvalue weighted by Gasteiger charge is -2.39. The summed E-state index contributed by atoms with van der Waals surface area (Å²) < 4.78 is 50.3. The number of likely N-dealkylation sites (tertiary alicyclic amines) is 1. The van der Waals surface area contributed by atoms with Crippen molar-refractivity contribution >= 4 is 55.9 Å². The first kappa shape index (κ1) is 28.4. The number of hydrogen-bond acceptors (Lipinski definition) is 7. The third kappa shape index (κ3) is 5.98. The van der Waals surface area contributed by atoms with Crippen LogP contribution in [-0.2, 0) is 21.8 Å². The molecule has 0 bridgehead atoms. The Kier molecular flexibility index (Phi) is 7.15. The van der Waals surface area contributed by atoms with Gasteiger partial charge in [-0.05, 0) is 57.2 Å². The van der Waals surface area contributed by atoms with Gasteiger partial charge >= 0.3 is 6.09 Å². The fourth-order valence-electron chi connectivity index (χ4n) is 4.27. The van der Waals surface area contributed by atoms with Crippen LogP contribution in [-0.4, -0.2) is 63.6 Å². The Balaban J connectivity index is 1.27. The molecule has 5 rings (SSSR count). The zero-order valence-electron chi connectivity index (χ0n) is 22.6. The first-order chi connectivity index (χ1) is 19.2. The Labute approximate surface area is 240 Å². The van der Waals surface area contributed by atoms with Gasteiger partial charge in [0.2, 0.25) is 0 Å². The van der Waals surface area contributed by atoms with Crippen LogP contribution in [0, 0.1) is 5.82 Å². The Morgan fingerprint density at radius 3 is 2.51 bits per heavy atom. The van der Waals surface area contributed by atoms with Crippen molar-refractivity contribution in [2.45, 2.75) is 37.3 Å². The summed E-state index contributed by atoms with van der Waals surface area (Å²) in [6, 6.07) is 8.25. The summed E-state index contributed by atoms with van der Waals surface area (Å²) in [6.45, 7) is 6.06. The fraction of sp³-hybridized carbons (Fsp3) is 0.308. The first-order valence-corrected chi connectivity index (χ1v) is 14.3. The number of sulfonamides is 1. The highest BCUT2D eigenvalue weighted by molar-refractivity contribution is 7.92. The standard InChI is InChI=1S/C26H27ClFN7O5S/c1-26(2,3)40-25(37)34-12-17(13-34)35-14-18(11-29-35)41(38,39)32-16-5-7-19-22(10-16)31-33(4)23(19)24(36)30-15-6-8-21(28)20(27)9-15/h5-11,14,17,32H,12-13H2,1-4H3,(H,30,36). The quantitative estimate of drug-likeness (QED) is 0.333. The van der Waals surface area contributed by atoms with Crippen molar-refractivity contribution in [1.29, 1.82) is 0 Å². The maximum atomic E-state index is 13.5. The lowest BCUT2D eigenvalue weighted by Crippen LogP contribution is -2.52. The van der Waals surface area contributed by atoms with Crippen molar-refractivity contribution in [3.63, 3.8) is 0 Å².